The second-order valence-corrected chi connectivity index (χ2v) is 4.53. The lowest BCUT2D eigenvalue weighted by molar-refractivity contribution is 0.0693. The maximum atomic E-state index is 11.1. The third-order valence-corrected chi connectivity index (χ3v) is 2.96. The van der Waals surface area contributed by atoms with Crippen molar-refractivity contribution in [1.82, 2.24) is 4.98 Å². The average Bonchev–Trinajstić information content (AvgIpc) is 2.33. The van der Waals surface area contributed by atoms with E-state index in [1.165, 1.54) is 12.1 Å². The van der Waals surface area contributed by atoms with Gasteiger partial charge >= 0.3 is 5.97 Å². The second kappa shape index (κ2) is 5.28. The van der Waals surface area contributed by atoms with Crippen LogP contribution in [0.4, 0.5) is 0 Å². The van der Waals surface area contributed by atoms with Gasteiger partial charge in [-0.1, -0.05) is 17.7 Å². The minimum atomic E-state index is -1.11. The van der Waals surface area contributed by atoms with Crippen LogP contribution in [-0.2, 0) is 0 Å². The van der Waals surface area contributed by atoms with Crippen molar-refractivity contribution in [3.05, 3.63) is 52.2 Å². The third kappa shape index (κ3) is 3.03. The summed E-state index contributed by atoms with van der Waals surface area (Å²) in [6, 6.07) is 8.27. The Morgan fingerprint density at radius 1 is 1.21 bits per heavy atom. The largest absolute Gasteiger partial charge is 0.477 e. The van der Waals surface area contributed by atoms with Crippen LogP contribution in [0.25, 0.3) is 0 Å². The van der Waals surface area contributed by atoms with Gasteiger partial charge in [0.15, 0.2) is 0 Å². The topological polar surface area (TPSA) is 59.4 Å². The quantitative estimate of drug-likeness (QED) is 0.866. The zero-order valence-electron chi connectivity index (χ0n) is 10.5. The number of aromatic nitrogens is 1. The first kappa shape index (κ1) is 13.4. The Balaban J connectivity index is 2.39. The number of nitrogens with zero attached hydrogens (tertiary/aromatic N) is 1. The van der Waals surface area contributed by atoms with Gasteiger partial charge in [0.2, 0.25) is 5.88 Å². The van der Waals surface area contributed by atoms with E-state index in [9.17, 15) is 4.79 Å². The monoisotopic (exact) mass is 277 g/mol. The molecular formula is C14H12ClNO3. The number of aromatic carboxylic acids is 1. The van der Waals surface area contributed by atoms with Crippen LogP contribution in [0.3, 0.4) is 0 Å². The number of pyridine rings is 1. The Kier molecular flexibility index (Phi) is 3.71. The summed E-state index contributed by atoms with van der Waals surface area (Å²) in [5.74, 6) is -0.591. The number of carbonyl (C=O) groups is 1. The first-order valence-electron chi connectivity index (χ1n) is 5.62. The van der Waals surface area contributed by atoms with Crippen LogP contribution in [0.2, 0.25) is 5.15 Å². The molecule has 0 radical (unpaired) electrons. The van der Waals surface area contributed by atoms with Gasteiger partial charge in [0, 0.05) is 0 Å². The average molecular weight is 278 g/mol. The van der Waals surface area contributed by atoms with Crippen molar-refractivity contribution in [2.75, 3.05) is 0 Å². The van der Waals surface area contributed by atoms with E-state index < -0.39 is 5.97 Å². The molecule has 1 aromatic carbocycles. The highest BCUT2D eigenvalue weighted by molar-refractivity contribution is 6.29. The summed E-state index contributed by atoms with van der Waals surface area (Å²) in [5.41, 5.74) is 2.16. The summed E-state index contributed by atoms with van der Waals surface area (Å²) in [7, 11) is 0. The molecular weight excluding hydrogens is 266 g/mol. The number of carboxylic acids is 1. The van der Waals surface area contributed by atoms with Crippen LogP contribution in [-0.4, -0.2) is 16.1 Å². The molecule has 19 heavy (non-hydrogen) atoms. The molecule has 0 saturated heterocycles. The number of rotatable bonds is 3. The predicted octanol–water partition coefficient (Wildman–Crippen LogP) is 3.84. The van der Waals surface area contributed by atoms with Crippen molar-refractivity contribution < 1.29 is 14.6 Å². The highest BCUT2D eigenvalue weighted by atomic mass is 35.5. The van der Waals surface area contributed by atoms with Crippen LogP contribution >= 0.6 is 11.6 Å². The molecule has 5 heteroatoms. The predicted molar refractivity (Wildman–Crippen MR) is 72.2 cm³/mol. The molecule has 0 atom stereocenters. The van der Waals surface area contributed by atoms with Gasteiger partial charge in [-0.25, -0.2) is 9.78 Å². The second-order valence-electron chi connectivity index (χ2n) is 4.14. The fourth-order valence-corrected chi connectivity index (χ4v) is 1.69. The van der Waals surface area contributed by atoms with Gasteiger partial charge in [0.05, 0.1) is 0 Å². The van der Waals surface area contributed by atoms with Crippen LogP contribution in [0.15, 0.2) is 30.3 Å². The van der Waals surface area contributed by atoms with Crippen LogP contribution in [0, 0.1) is 13.8 Å². The molecule has 0 spiro atoms. The van der Waals surface area contributed by atoms with Crippen molar-refractivity contribution in [3.8, 4) is 11.6 Å². The van der Waals surface area contributed by atoms with E-state index in [-0.39, 0.29) is 16.6 Å². The van der Waals surface area contributed by atoms with Gasteiger partial charge in [0.1, 0.15) is 16.5 Å². The molecule has 0 aliphatic carbocycles. The number of aryl methyl sites for hydroxylation is 2. The summed E-state index contributed by atoms with van der Waals surface area (Å²) in [5, 5.41) is 9.25. The maximum Gasteiger partial charge on any atom is 0.341 e. The number of carboxylic acid groups (broad SMARTS) is 1. The van der Waals surface area contributed by atoms with Crippen LogP contribution in [0.5, 0.6) is 11.6 Å². The highest BCUT2D eigenvalue weighted by Crippen LogP contribution is 2.26. The standard InChI is InChI=1S/C14H12ClNO3/c1-8-3-4-10(7-9(8)2)19-13-11(14(17)18)5-6-12(15)16-13/h3-7H,1-2H3,(H,17,18). The zero-order valence-corrected chi connectivity index (χ0v) is 11.2. The van der Waals surface area contributed by atoms with Crippen molar-refractivity contribution in [2.45, 2.75) is 13.8 Å². The van der Waals surface area contributed by atoms with Gasteiger partial charge in [-0.05, 0) is 49.2 Å². The Morgan fingerprint density at radius 3 is 2.58 bits per heavy atom. The van der Waals surface area contributed by atoms with Gasteiger partial charge in [-0.3, -0.25) is 0 Å². The first-order valence-corrected chi connectivity index (χ1v) is 6.00. The Labute approximate surface area is 115 Å². The first-order chi connectivity index (χ1) is 8.97. The molecule has 0 bridgehead atoms. The molecule has 1 aromatic heterocycles. The summed E-state index contributed by atoms with van der Waals surface area (Å²) in [6.07, 6.45) is 0. The summed E-state index contributed by atoms with van der Waals surface area (Å²) in [4.78, 5) is 15.0. The van der Waals surface area contributed by atoms with E-state index in [2.05, 4.69) is 4.98 Å². The molecule has 0 amide bonds. The molecule has 0 aliphatic heterocycles. The summed E-state index contributed by atoms with van der Waals surface area (Å²) in [6.45, 7) is 3.94. The summed E-state index contributed by atoms with van der Waals surface area (Å²) >= 11 is 5.76. The van der Waals surface area contributed by atoms with Gasteiger partial charge in [-0.2, -0.15) is 0 Å². The van der Waals surface area contributed by atoms with Crippen LogP contribution in [0.1, 0.15) is 21.5 Å². The SMILES string of the molecule is Cc1ccc(Oc2nc(Cl)ccc2C(=O)O)cc1C. The third-order valence-electron chi connectivity index (χ3n) is 2.75. The lowest BCUT2D eigenvalue weighted by Crippen LogP contribution is -2.02. The van der Waals surface area contributed by atoms with E-state index in [1.807, 2.05) is 26.0 Å². The lowest BCUT2D eigenvalue weighted by Gasteiger charge is -2.09. The Bertz CT molecular complexity index is 641. The van der Waals surface area contributed by atoms with E-state index in [0.29, 0.717) is 5.75 Å². The minimum Gasteiger partial charge on any atom is -0.477 e. The smallest absolute Gasteiger partial charge is 0.341 e. The number of ether oxygens (including phenoxy) is 1. The molecule has 4 nitrogen and oxygen atoms in total. The van der Waals surface area contributed by atoms with E-state index in [0.717, 1.165) is 11.1 Å². The van der Waals surface area contributed by atoms with Gasteiger partial charge < -0.3 is 9.84 Å². The lowest BCUT2D eigenvalue weighted by atomic mass is 10.1. The van der Waals surface area contributed by atoms with Gasteiger partial charge in [0.25, 0.3) is 0 Å². The maximum absolute atomic E-state index is 11.1. The van der Waals surface area contributed by atoms with E-state index >= 15 is 0 Å². The van der Waals surface area contributed by atoms with Crippen molar-refractivity contribution in [2.24, 2.45) is 0 Å². The number of benzene rings is 1. The highest BCUT2D eigenvalue weighted by Gasteiger charge is 2.14. The van der Waals surface area contributed by atoms with Crippen molar-refractivity contribution in [1.29, 1.82) is 0 Å². The molecule has 98 valence electrons. The van der Waals surface area contributed by atoms with Gasteiger partial charge in [-0.15, -0.1) is 0 Å². The molecule has 1 N–H and O–H groups in total. The molecule has 1 heterocycles. The minimum absolute atomic E-state index is 0.0109. The fraction of sp³-hybridized carbons (Fsp3) is 0.143. The number of halogens is 1. The number of hydrogen-bond donors (Lipinski definition) is 1. The van der Waals surface area contributed by atoms with Crippen molar-refractivity contribution in [3.63, 3.8) is 0 Å². The van der Waals surface area contributed by atoms with Crippen molar-refractivity contribution >= 4 is 17.6 Å². The summed E-state index contributed by atoms with van der Waals surface area (Å²) < 4.78 is 5.51. The molecule has 2 aromatic rings. The molecule has 0 fully saturated rings. The van der Waals surface area contributed by atoms with E-state index in [4.69, 9.17) is 21.4 Å². The molecule has 0 saturated carbocycles. The van der Waals surface area contributed by atoms with Crippen LogP contribution < -0.4 is 4.74 Å². The zero-order chi connectivity index (χ0) is 14.0. The Hall–Kier alpha value is -2.07. The molecule has 0 unspecified atom stereocenters. The normalized spacial score (nSPS) is 10.3. The number of hydrogen-bond acceptors (Lipinski definition) is 3. The molecule has 0 aliphatic rings. The van der Waals surface area contributed by atoms with E-state index in [1.54, 1.807) is 6.07 Å². The molecule has 2 rings (SSSR count). The fourth-order valence-electron chi connectivity index (χ4n) is 1.55. The Morgan fingerprint density at radius 2 is 1.95 bits per heavy atom.